The van der Waals surface area contributed by atoms with Crippen molar-refractivity contribution >= 4 is 11.8 Å². The van der Waals surface area contributed by atoms with Crippen molar-refractivity contribution in [2.75, 3.05) is 13.1 Å². The highest BCUT2D eigenvalue weighted by Gasteiger charge is 2.08. The molecule has 5 nitrogen and oxygen atoms in total. The lowest BCUT2D eigenvalue weighted by molar-refractivity contribution is 0.0927. The molecule has 26 heavy (non-hydrogen) atoms. The first kappa shape index (κ1) is 17.5. The first-order chi connectivity index (χ1) is 12.6. The topological polar surface area (TPSA) is 63.1 Å². The van der Waals surface area contributed by atoms with Crippen LogP contribution >= 0.6 is 0 Å². The lowest BCUT2D eigenvalue weighted by atomic mass is 10.1. The third-order valence-corrected chi connectivity index (χ3v) is 4.12. The average Bonchev–Trinajstić information content (AvgIpc) is 3.20. The van der Waals surface area contributed by atoms with Gasteiger partial charge in [0.05, 0.1) is 0 Å². The van der Waals surface area contributed by atoms with E-state index in [0.717, 1.165) is 11.3 Å². The van der Waals surface area contributed by atoms with Gasteiger partial charge in [0.25, 0.3) is 11.8 Å². The van der Waals surface area contributed by atoms with Crippen LogP contribution in [0.3, 0.4) is 0 Å². The minimum Gasteiger partial charge on any atom is -0.350 e. The minimum absolute atomic E-state index is 0.131. The molecular formula is C21H21N3O2. The summed E-state index contributed by atoms with van der Waals surface area (Å²) in [5.41, 5.74) is 3.17. The summed E-state index contributed by atoms with van der Waals surface area (Å²) < 4.78 is 1.97. The Kier molecular flexibility index (Phi) is 5.49. The molecule has 1 heterocycles. The van der Waals surface area contributed by atoms with Crippen molar-refractivity contribution in [3.63, 3.8) is 0 Å². The Hall–Kier alpha value is -3.34. The van der Waals surface area contributed by atoms with Crippen LogP contribution < -0.4 is 10.6 Å². The normalized spacial score (nSPS) is 10.3. The van der Waals surface area contributed by atoms with Crippen molar-refractivity contribution in [2.24, 2.45) is 0 Å². The number of aryl methyl sites for hydroxylation is 1. The van der Waals surface area contributed by atoms with E-state index in [4.69, 9.17) is 0 Å². The zero-order valence-electron chi connectivity index (χ0n) is 14.6. The first-order valence-electron chi connectivity index (χ1n) is 8.50. The second-order valence-electron chi connectivity index (χ2n) is 5.96. The summed E-state index contributed by atoms with van der Waals surface area (Å²) in [5.74, 6) is -0.289. The van der Waals surface area contributed by atoms with E-state index in [2.05, 4.69) is 10.6 Å². The lowest BCUT2D eigenvalue weighted by Crippen LogP contribution is -2.34. The van der Waals surface area contributed by atoms with Gasteiger partial charge in [0.1, 0.15) is 0 Å². The van der Waals surface area contributed by atoms with Gasteiger partial charge in [0.2, 0.25) is 0 Å². The van der Waals surface area contributed by atoms with Gasteiger partial charge in [-0.25, -0.2) is 0 Å². The third-order valence-electron chi connectivity index (χ3n) is 4.12. The summed E-state index contributed by atoms with van der Waals surface area (Å²) >= 11 is 0. The highest BCUT2D eigenvalue weighted by Crippen LogP contribution is 2.10. The number of rotatable bonds is 6. The van der Waals surface area contributed by atoms with E-state index in [1.165, 1.54) is 0 Å². The highest BCUT2D eigenvalue weighted by atomic mass is 16.2. The summed E-state index contributed by atoms with van der Waals surface area (Å²) in [6.45, 7) is 2.64. The maximum absolute atomic E-state index is 12.2. The number of benzene rings is 2. The largest absolute Gasteiger partial charge is 0.350 e. The molecule has 5 heteroatoms. The van der Waals surface area contributed by atoms with E-state index >= 15 is 0 Å². The Balaban J connectivity index is 1.47. The van der Waals surface area contributed by atoms with Crippen LogP contribution in [-0.2, 0) is 0 Å². The maximum Gasteiger partial charge on any atom is 0.251 e. The molecule has 0 radical (unpaired) electrons. The average molecular weight is 347 g/mol. The van der Waals surface area contributed by atoms with E-state index in [1.807, 2.05) is 66.3 Å². The molecule has 2 aromatic carbocycles. The SMILES string of the molecule is Cc1ccccc1C(=O)NCCNC(=O)c1ccc(-n2cccc2)cc1. The monoisotopic (exact) mass is 347 g/mol. The van der Waals surface area contributed by atoms with Crippen LogP contribution in [0.1, 0.15) is 26.3 Å². The van der Waals surface area contributed by atoms with E-state index in [0.29, 0.717) is 24.2 Å². The van der Waals surface area contributed by atoms with Crippen molar-refractivity contribution in [1.82, 2.24) is 15.2 Å². The molecule has 3 rings (SSSR count). The van der Waals surface area contributed by atoms with Crippen LogP contribution in [0.5, 0.6) is 0 Å². The van der Waals surface area contributed by atoms with Crippen molar-refractivity contribution in [2.45, 2.75) is 6.92 Å². The van der Waals surface area contributed by atoms with Gasteiger partial charge in [-0.1, -0.05) is 18.2 Å². The Labute approximate surface area is 152 Å². The number of amides is 2. The molecule has 0 aliphatic carbocycles. The standard InChI is InChI=1S/C21H21N3O2/c1-16-6-2-3-7-19(16)21(26)23-13-12-22-20(25)17-8-10-18(11-9-17)24-14-4-5-15-24/h2-11,14-15H,12-13H2,1H3,(H,22,25)(H,23,26). The number of carbonyl (C=O) groups excluding carboxylic acids is 2. The molecule has 2 N–H and O–H groups in total. The number of hydrogen-bond acceptors (Lipinski definition) is 2. The molecule has 3 aromatic rings. The van der Waals surface area contributed by atoms with Gasteiger partial charge >= 0.3 is 0 Å². The van der Waals surface area contributed by atoms with Gasteiger partial charge in [0.15, 0.2) is 0 Å². The number of aromatic nitrogens is 1. The Morgan fingerprint density at radius 3 is 2.08 bits per heavy atom. The molecule has 0 aliphatic rings. The second kappa shape index (κ2) is 8.16. The van der Waals surface area contributed by atoms with E-state index in [9.17, 15) is 9.59 Å². The van der Waals surface area contributed by atoms with Crippen LogP contribution in [0, 0.1) is 6.92 Å². The quantitative estimate of drug-likeness (QED) is 0.674. The van der Waals surface area contributed by atoms with Gasteiger partial charge in [-0.2, -0.15) is 0 Å². The van der Waals surface area contributed by atoms with E-state index < -0.39 is 0 Å². The van der Waals surface area contributed by atoms with E-state index in [-0.39, 0.29) is 11.8 Å². The fourth-order valence-electron chi connectivity index (χ4n) is 2.67. The fraction of sp³-hybridized carbons (Fsp3) is 0.143. The summed E-state index contributed by atoms with van der Waals surface area (Å²) in [6, 6.07) is 18.7. The summed E-state index contributed by atoms with van der Waals surface area (Å²) in [7, 11) is 0. The van der Waals surface area contributed by atoms with Crippen LogP contribution in [0.15, 0.2) is 73.1 Å². The smallest absolute Gasteiger partial charge is 0.251 e. The fourth-order valence-corrected chi connectivity index (χ4v) is 2.67. The van der Waals surface area contributed by atoms with Crippen LogP contribution in [0.2, 0.25) is 0 Å². The molecule has 0 bridgehead atoms. The molecule has 0 saturated heterocycles. The molecule has 2 amide bonds. The highest BCUT2D eigenvalue weighted by molar-refractivity contribution is 5.96. The number of hydrogen-bond donors (Lipinski definition) is 2. The molecule has 0 saturated carbocycles. The minimum atomic E-state index is -0.158. The Morgan fingerprint density at radius 1 is 0.808 bits per heavy atom. The molecule has 132 valence electrons. The maximum atomic E-state index is 12.2. The molecular weight excluding hydrogens is 326 g/mol. The molecule has 0 fully saturated rings. The first-order valence-corrected chi connectivity index (χ1v) is 8.50. The summed E-state index contributed by atoms with van der Waals surface area (Å²) in [6.07, 6.45) is 3.90. The van der Waals surface area contributed by atoms with Gasteiger partial charge < -0.3 is 15.2 Å². The molecule has 0 unspecified atom stereocenters. The number of nitrogens with one attached hydrogen (secondary N) is 2. The Morgan fingerprint density at radius 2 is 1.42 bits per heavy atom. The van der Waals surface area contributed by atoms with Crippen molar-refractivity contribution in [3.8, 4) is 5.69 Å². The van der Waals surface area contributed by atoms with Gasteiger partial charge in [-0.05, 0) is 55.0 Å². The van der Waals surface area contributed by atoms with Gasteiger partial charge in [0, 0.05) is 42.3 Å². The van der Waals surface area contributed by atoms with Crippen LogP contribution in [-0.4, -0.2) is 29.5 Å². The Bertz CT molecular complexity index is 884. The molecule has 0 aliphatic heterocycles. The second-order valence-corrected chi connectivity index (χ2v) is 5.96. The summed E-state index contributed by atoms with van der Waals surface area (Å²) in [5, 5.41) is 5.63. The van der Waals surface area contributed by atoms with Gasteiger partial charge in [-0.15, -0.1) is 0 Å². The predicted molar refractivity (Wildman–Crippen MR) is 102 cm³/mol. The number of nitrogens with zero attached hydrogens (tertiary/aromatic N) is 1. The lowest BCUT2D eigenvalue weighted by Gasteiger charge is -2.09. The van der Waals surface area contributed by atoms with Crippen molar-refractivity contribution in [3.05, 3.63) is 89.7 Å². The molecule has 1 aromatic heterocycles. The zero-order valence-corrected chi connectivity index (χ0v) is 14.6. The van der Waals surface area contributed by atoms with Crippen molar-refractivity contribution in [1.29, 1.82) is 0 Å². The summed E-state index contributed by atoms with van der Waals surface area (Å²) in [4.78, 5) is 24.3. The zero-order chi connectivity index (χ0) is 18.4. The van der Waals surface area contributed by atoms with Crippen LogP contribution in [0.4, 0.5) is 0 Å². The van der Waals surface area contributed by atoms with Gasteiger partial charge in [-0.3, -0.25) is 9.59 Å². The van der Waals surface area contributed by atoms with Crippen molar-refractivity contribution < 1.29 is 9.59 Å². The third kappa shape index (κ3) is 4.19. The number of carbonyl (C=O) groups is 2. The molecule has 0 spiro atoms. The van der Waals surface area contributed by atoms with E-state index in [1.54, 1.807) is 18.2 Å². The molecule has 0 atom stereocenters. The van der Waals surface area contributed by atoms with Crippen LogP contribution in [0.25, 0.3) is 5.69 Å². The predicted octanol–water partition coefficient (Wildman–Crippen LogP) is 2.95.